The maximum Gasteiger partial charge on any atom is 0.132 e. The average Bonchev–Trinajstić information content (AvgIpc) is 2.35. The first-order valence-electron chi connectivity index (χ1n) is 5.07. The number of methoxy groups -OCH3 is 1. The molecular formula is C13H12ClNOS. The minimum atomic E-state index is 0.574. The third kappa shape index (κ3) is 2.68. The van der Waals surface area contributed by atoms with Gasteiger partial charge in [-0.25, -0.2) is 0 Å². The van der Waals surface area contributed by atoms with E-state index in [0.717, 1.165) is 15.5 Å². The summed E-state index contributed by atoms with van der Waals surface area (Å²) in [5, 5.41) is 0.574. The van der Waals surface area contributed by atoms with E-state index < -0.39 is 0 Å². The topological polar surface area (TPSA) is 35.2 Å². The molecule has 2 aromatic rings. The molecule has 0 radical (unpaired) electrons. The Bertz CT molecular complexity index is 531. The van der Waals surface area contributed by atoms with Gasteiger partial charge in [-0.1, -0.05) is 41.6 Å². The highest BCUT2D eigenvalue weighted by molar-refractivity contribution is 7.99. The molecule has 0 bridgehead atoms. The maximum atomic E-state index is 5.98. The van der Waals surface area contributed by atoms with Gasteiger partial charge in [-0.05, 0) is 24.3 Å². The van der Waals surface area contributed by atoms with E-state index in [0.29, 0.717) is 10.7 Å². The van der Waals surface area contributed by atoms with Gasteiger partial charge in [0, 0.05) is 4.90 Å². The summed E-state index contributed by atoms with van der Waals surface area (Å²) in [6, 6.07) is 13.4. The van der Waals surface area contributed by atoms with E-state index in [9.17, 15) is 0 Å². The summed E-state index contributed by atoms with van der Waals surface area (Å²) in [6.45, 7) is 0. The zero-order chi connectivity index (χ0) is 12.3. The van der Waals surface area contributed by atoms with E-state index >= 15 is 0 Å². The fraction of sp³-hybridized carbons (Fsp3) is 0.0769. The molecular weight excluding hydrogens is 254 g/mol. The number of hydrogen-bond acceptors (Lipinski definition) is 3. The first kappa shape index (κ1) is 12.1. The molecule has 2 nitrogen and oxygen atoms in total. The van der Waals surface area contributed by atoms with Crippen molar-refractivity contribution in [3.05, 3.63) is 47.5 Å². The van der Waals surface area contributed by atoms with Crippen molar-refractivity contribution in [1.29, 1.82) is 0 Å². The summed E-state index contributed by atoms with van der Waals surface area (Å²) in [4.78, 5) is 1.95. The number of nitrogens with two attached hydrogens (primary N) is 1. The van der Waals surface area contributed by atoms with Crippen LogP contribution >= 0.6 is 23.4 Å². The molecule has 0 aliphatic heterocycles. The third-order valence-corrected chi connectivity index (χ3v) is 3.76. The number of para-hydroxylation sites is 2. The summed E-state index contributed by atoms with van der Waals surface area (Å²) in [5.41, 5.74) is 6.53. The lowest BCUT2D eigenvalue weighted by atomic mass is 10.3. The number of hydrogen-bond donors (Lipinski definition) is 1. The number of rotatable bonds is 3. The normalized spacial score (nSPS) is 10.2. The molecule has 0 atom stereocenters. The van der Waals surface area contributed by atoms with Gasteiger partial charge in [-0.2, -0.15) is 0 Å². The molecule has 0 heterocycles. The van der Waals surface area contributed by atoms with E-state index in [1.165, 1.54) is 0 Å². The number of benzene rings is 2. The van der Waals surface area contributed by atoms with Crippen molar-refractivity contribution in [2.75, 3.05) is 12.8 Å². The van der Waals surface area contributed by atoms with Crippen molar-refractivity contribution >= 4 is 29.1 Å². The summed E-state index contributed by atoms with van der Waals surface area (Å²) >= 11 is 7.53. The highest BCUT2D eigenvalue weighted by atomic mass is 35.5. The van der Waals surface area contributed by atoms with Gasteiger partial charge in [0.15, 0.2) is 0 Å². The van der Waals surface area contributed by atoms with Crippen LogP contribution in [0, 0.1) is 0 Å². The maximum absolute atomic E-state index is 5.98. The Hall–Kier alpha value is -1.32. The van der Waals surface area contributed by atoms with E-state index in [-0.39, 0.29) is 0 Å². The van der Waals surface area contributed by atoms with Crippen LogP contribution in [-0.2, 0) is 0 Å². The molecule has 0 amide bonds. The van der Waals surface area contributed by atoms with Crippen LogP contribution in [0.3, 0.4) is 0 Å². The van der Waals surface area contributed by atoms with Crippen LogP contribution in [0.4, 0.5) is 5.69 Å². The van der Waals surface area contributed by atoms with Gasteiger partial charge < -0.3 is 10.5 Å². The highest BCUT2D eigenvalue weighted by Gasteiger charge is 2.08. The molecule has 0 unspecified atom stereocenters. The Balaban J connectivity index is 2.35. The molecule has 2 rings (SSSR count). The average molecular weight is 266 g/mol. The van der Waals surface area contributed by atoms with Crippen LogP contribution in [0.15, 0.2) is 52.3 Å². The predicted octanol–water partition coefficient (Wildman–Crippen LogP) is 4.08. The fourth-order valence-electron chi connectivity index (χ4n) is 1.43. The molecule has 0 saturated carbocycles. The smallest absolute Gasteiger partial charge is 0.132 e. The highest BCUT2D eigenvalue weighted by Crippen LogP contribution is 2.39. The second-order valence-corrected chi connectivity index (χ2v) is 4.90. The summed E-state index contributed by atoms with van der Waals surface area (Å²) in [5.74, 6) is 0.830. The second kappa shape index (κ2) is 5.34. The summed E-state index contributed by atoms with van der Waals surface area (Å²) in [6.07, 6.45) is 0. The van der Waals surface area contributed by atoms with Gasteiger partial charge in [0.2, 0.25) is 0 Å². The first-order valence-corrected chi connectivity index (χ1v) is 6.26. The van der Waals surface area contributed by atoms with Gasteiger partial charge in [-0.15, -0.1) is 0 Å². The minimum Gasteiger partial charge on any atom is -0.496 e. The molecule has 0 spiro atoms. The molecule has 0 fully saturated rings. The zero-order valence-corrected chi connectivity index (χ0v) is 10.9. The lowest BCUT2D eigenvalue weighted by Gasteiger charge is -2.09. The molecule has 0 aliphatic rings. The summed E-state index contributed by atoms with van der Waals surface area (Å²) in [7, 11) is 1.65. The minimum absolute atomic E-state index is 0.574. The second-order valence-electron chi connectivity index (χ2n) is 3.40. The van der Waals surface area contributed by atoms with Gasteiger partial charge in [0.05, 0.1) is 22.7 Å². The lowest BCUT2D eigenvalue weighted by Crippen LogP contribution is -1.90. The Morgan fingerprint density at radius 3 is 2.53 bits per heavy atom. The quantitative estimate of drug-likeness (QED) is 0.850. The number of nitrogen functional groups attached to an aromatic ring is 1. The van der Waals surface area contributed by atoms with Crippen LogP contribution in [-0.4, -0.2) is 7.11 Å². The van der Waals surface area contributed by atoms with Gasteiger partial charge in [0.25, 0.3) is 0 Å². The predicted molar refractivity (Wildman–Crippen MR) is 73.0 cm³/mol. The molecule has 0 saturated heterocycles. The largest absolute Gasteiger partial charge is 0.496 e. The van der Waals surface area contributed by atoms with Crippen LogP contribution in [0.2, 0.25) is 5.02 Å². The van der Waals surface area contributed by atoms with Crippen molar-refractivity contribution in [2.24, 2.45) is 0 Å². The van der Waals surface area contributed by atoms with Crippen LogP contribution in [0.25, 0.3) is 0 Å². The van der Waals surface area contributed by atoms with Gasteiger partial charge in [0.1, 0.15) is 5.75 Å². The number of ether oxygens (including phenoxy) is 1. The van der Waals surface area contributed by atoms with Gasteiger partial charge >= 0.3 is 0 Å². The Morgan fingerprint density at radius 1 is 1.06 bits per heavy atom. The van der Waals surface area contributed by atoms with E-state index in [4.69, 9.17) is 22.1 Å². The SMILES string of the molecule is COc1ccccc1Sc1cccc(Cl)c1N. The van der Waals surface area contributed by atoms with E-state index in [1.807, 2.05) is 36.4 Å². The van der Waals surface area contributed by atoms with Gasteiger partial charge in [-0.3, -0.25) is 0 Å². The lowest BCUT2D eigenvalue weighted by molar-refractivity contribution is 0.405. The van der Waals surface area contributed by atoms with Crippen LogP contribution in [0.5, 0.6) is 5.75 Å². The Morgan fingerprint density at radius 2 is 1.76 bits per heavy atom. The van der Waals surface area contributed by atoms with Crippen LogP contribution < -0.4 is 10.5 Å². The standard InChI is InChI=1S/C13H12ClNOS/c1-16-10-6-2-3-7-11(10)17-12-8-4-5-9(14)13(12)15/h2-8H,15H2,1H3. The molecule has 0 aromatic heterocycles. The Kier molecular flexibility index (Phi) is 3.82. The van der Waals surface area contributed by atoms with Crippen molar-refractivity contribution in [3.8, 4) is 5.75 Å². The van der Waals surface area contributed by atoms with E-state index in [2.05, 4.69) is 0 Å². The molecule has 2 N–H and O–H groups in total. The van der Waals surface area contributed by atoms with Crippen molar-refractivity contribution < 1.29 is 4.74 Å². The number of halogens is 1. The molecule has 17 heavy (non-hydrogen) atoms. The van der Waals surface area contributed by atoms with Crippen molar-refractivity contribution in [1.82, 2.24) is 0 Å². The summed E-state index contributed by atoms with van der Waals surface area (Å²) < 4.78 is 5.29. The third-order valence-electron chi connectivity index (χ3n) is 2.30. The van der Waals surface area contributed by atoms with Crippen molar-refractivity contribution in [3.63, 3.8) is 0 Å². The molecule has 88 valence electrons. The Labute approximate surface area is 110 Å². The molecule has 0 aliphatic carbocycles. The van der Waals surface area contributed by atoms with Crippen molar-refractivity contribution in [2.45, 2.75) is 9.79 Å². The van der Waals surface area contributed by atoms with E-state index in [1.54, 1.807) is 24.9 Å². The van der Waals surface area contributed by atoms with Crippen LogP contribution in [0.1, 0.15) is 0 Å². The first-order chi connectivity index (χ1) is 8.22. The fourth-order valence-corrected chi connectivity index (χ4v) is 2.66. The number of anilines is 1. The zero-order valence-electron chi connectivity index (χ0n) is 9.31. The molecule has 4 heteroatoms. The monoisotopic (exact) mass is 265 g/mol. The molecule has 2 aromatic carbocycles.